The molecule has 0 aliphatic heterocycles. The van der Waals surface area contributed by atoms with Crippen LogP contribution < -0.4 is 11.1 Å². The van der Waals surface area contributed by atoms with Crippen LogP contribution in [0.25, 0.3) is 11.1 Å². The fourth-order valence-corrected chi connectivity index (χ4v) is 2.52. The van der Waals surface area contributed by atoms with Gasteiger partial charge in [0, 0.05) is 17.8 Å². The van der Waals surface area contributed by atoms with Crippen LogP contribution >= 0.6 is 0 Å². The van der Waals surface area contributed by atoms with E-state index in [2.05, 4.69) is 10.3 Å². The fraction of sp³-hybridized carbons (Fsp3) is 0.333. The molecule has 1 saturated carbocycles. The van der Waals surface area contributed by atoms with Gasteiger partial charge in [0.25, 0.3) is 5.22 Å². The smallest absolute Gasteiger partial charge is 0.288 e. The molecule has 0 saturated heterocycles. The third kappa shape index (κ3) is 2.76. The number of carbonyl (C=O) groups excluding carboxylic acids is 1. The van der Waals surface area contributed by atoms with E-state index >= 15 is 0 Å². The van der Waals surface area contributed by atoms with Crippen LogP contribution in [0.2, 0.25) is 0 Å². The summed E-state index contributed by atoms with van der Waals surface area (Å²) in [4.78, 5) is 15.7. The molecule has 2 aromatic rings. The molecule has 1 aliphatic rings. The molecule has 1 amide bonds. The van der Waals surface area contributed by atoms with E-state index in [4.69, 9.17) is 10.2 Å². The molecule has 3 N–H and O–H groups in total. The highest BCUT2D eigenvalue weighted by Crippen LogP contribution is 2.21. The summed E-state index contributed by atoms with van der Waals surface area (Å²) < 4.78 is 17.3. The standard InChI is InChI=1S/C12H13N3O3S/c13-7-1-4-9-10(5-7)18-12(15-9)19(17)6-11(16)14-8-2-3-8/h1,4-5,8H,2-3,6,13H2,(H,14,16). The van der Waals surface area contributed by atoms with E-state index in [1.54, 1.807) is 18.2 Å². The number of nitrogens with two attached hydrogens (primary N) is 1. The van der Waals surface area contributed by atoms with Gasteiger partial charge in [-0.05, 0) is 25.0 Å². The lowest BCUT2D eigenvalue weighted by Gasteiger charge is -2.00. The zero-order valence-corrected chi connectivity index (χ0v) is 10.9. The summed E-state index contributed by atoms with van der Waals surface area (Å²) in [6, 6.07) is 5.26. The Kier molecular flexibility index (Phi) is 2.98. The van der Waals surface area contributed by atoms with E-state index in [1.165, 1.54) is 0 Å². The van der Waals surface area contributed by atoms with Gasteiger partial charge in [0.05, 0.1) is 0 Å². The van der Waals surface area contributed by atoms with Crippen LogP contribution in [0.3, 0.4) is 0 Å². The summed E-state index contributed by atoms with van der Waals surface area (Å²) in [5.74, 6) is -0.360. The van der Waals surface area contributed by atoms with Crippen molar-refractivity contribution in [3.63, 3.8) is 0 Å². The second kappa shape index (κ2) is 4.65. The van der Waals surface area contributed by atoms with E-state index in [9.17, 15) is 9.00 Å². The Bertz CT molecular complexity index is 663. The minimum absolute atomic E-state index is 0.0616. The molecule has 1 aromatic carbocycles. The van der Waals surface area contributed by atoms with Crippen molar-refractivity contribution in [1.29, 1.82) is 0 Å². The van der Waals surface area contributed by atoms with E-state index in [1.807, 2.05) is 0 Å². The Morgan fingerprint density at radius 2 is 2.32 bits per heavy atom. The van der Waals surface area contributed by atoms with E-state index in [0.717, 1.165) is 12.8 Å². The predicted octanol–water partition coefficient (Wildman–Crippen LogP) is 0.796. The lowest BCUT2D eigenvalue weighted by molar-refractivity contribution is -0.118. The van der Waals surface area contributed by atoms with Crippen LogP contribution in [-0.2, 0) is 15.6 Å². The maximum atomic E-state index is 12.0. The average molecular weight is 279 g/mol. The molecule has 1 aromatic heterocycles. The van der Waals surface area contributed by atoms with Crippen molar-refractivity contribution >= 4 is 33.5 Å². The number of nitrogens with one attached hydrogen (secondary N) is 1. The number of rotatable bonds is 4. The number of carbonyl (C=O) groups is 1. The van der Waals surface area contributed by atoms with Crippen molar-refractivity contribution in [2.24, 2.45) is 0 Å². The van der Waals surface area contributed by atoms with Crippen molar-refractivity contribution in [2.75, 3.05) is 11.5 Å². The van der Waals surface area contributed by atoms with Crippen LogP contribution in [0.1, 0.15) is 12.8 Å². The molecule has 1 atom stereocenters. The molecule has 19 heavy (non-hydrogen) atoms. The van der Waals surface area contributed by atoms with E-state index in [-0.39, 0.29) is 22.9 Å². The SMILES string of the molecule is Nc1ccc2nc(S(=O)CC(=O)NC3CC3)oc2c1. The Morgan fingerprint density at radius 1 is 1.53 bits per heavy atom. The molecule has 0 bridgehead atoms. The second-order valence-electron chi connectivity index (χ2n) is 4.54. The van der Waals surface area contributed by atoms with Gasteiger partial charge in [-0.15, -0.1) is 0 Å². The van der Waals surface area contributed by atoms with Gasteiger partial charge in [0.2, 0.25) is 5.91 Å². The molecule has 1 aliphatic carbocycles. The normalized spacial score (nSPS) is 16.4. The molecule has 6 nitrogen and oxygen atoms in total. The third-order valence-corrected chi connectivity index (χ3v) is 3.88. The minimum Gasteiger partial charge on any atom is -0.430 e. The van der Waals surface area contributed by atoms with Gasteiger partial charge in [0.1, 0.15) is 22.1 Å². The molecule has 0 spiro atoms. The van der Waals surface area contributed by atoms with Gasteiger partial charge in [-0.2, -0.15) is 0 Å². The van der Waals surface area contributed by atoms with Gasteiger partial charge in [-0.25, -0.2) is 9.19 Å². The topological polar surface area (TPSA) is 98.2 Å². The number of hydrogen-bond acceptors (Lipinski definition) is 5. The zero-order valence-electron chi connectivity index (χ0n) is 10.1. The summed E-state index contributed by atoms with van der Waals surface area (Å²) >= 11 is 0. The summed E-state index contributed by atoms with van der Waals surface area (Å²) in [5.41, 5.74) is 7.23. The van der Waals surface area contributed by atoms with Gasteiger partial charge >= 0.3 is 0 Å². The van der Waals surface area contributed by atoms with Crippen molar-refractivity contribution in [3.8, 4) is 0 Å². The van der Waals surface area contributed by atoms with E-state index < -0.39 is 10.8 Å². The molecule has 1 heterocycles. The molecule has 1 fully saturated rings. The summed E-state index contributed by atoms with van der Waals surface area (Å²) in [7, 11) is -1.57. The highest BCUT2D eigenvalue weighted by molar-refractivity contribution is 7.85. The van der Waals surface area contributed by atoms with Gasteiger partial charge < -0.3 is 15.5 Å². The number of benzene rings is 1. The average Bonchev–Trinajstić information content (AvgIpc) is 3.05. The number of oxazole rings is 1. The van der Waals surface area contributed by atoms with Crippen LogP contribution in [0.5, 0.6) is 0 Å². The quantitative estimate of drug-likeness (QED) is 0.806. The number of nitrogen functional groups attached to an aromatic ring is 1. The summed E-state index contributed by atoms with van der Waals surface area (Å²) in [6.07, 6.45) is 2.00. The summed E-state index contributed by atoms with van der Waals surface area (Å²) in [6.45, 7) is 0. The van der Waals surface area contributed by atoms with Gasteiger partial charge in [-0.3, -0.25) is 4.79 Å². The lowest BCUT2D eigenvalue weighted by atomic mass is 10.3. The zero-order chi connectivity index (χ0) is 13.4. The first-order chi connectivity index (χ1) is 9.11. The predicted molar refractivity (Wildman–Crippen MR) is 70.9 cm³/mol. The fourth-order valence-electron chi connectivity index (χ4n) is 1.70. The van der Waals surface area contributed by atoms with Crippen molar-refractivity contribution in [2.45, 2.75) is 24.1 Å². The maximum Gasteiger partial charge on any atom is 0.288 e. The number of anilines is 1. The number of amides is 1. The first kappa shape index (κ1) is 12.2. The molecular weight excluding hydrogens is 266 g/mol. The van der Waals surface area contributed by atoms with Crippen molar-refractivity contribution in [3.05, 3.63) is 18.2 Å². The number of aromatic nitrogens is 1. The molecule has 7 heteroatoms. The largest absolute Gasteiger partial charge is 0.430 e. The Labute approximate surface area is 111 Å². The number of hydrogen-bond donors (Lipinski definition) is 2. The maximum absolute atomic E-state index is 12.0. The first-order valence-corrected chi connectivity index (χ1v) is 7.27. The Hall–Kier alpha value is -1.89. The van der Waals surface area contributed by atoms with Crippen LogP contribution in [0, 0.1) is 0 Å². The molecule has 1 unspecified atom stereocenters. The number of nitrogens with zero attached hydrogens (tertiary/aromatic N) is 1. The van der Waals surface area contributed by atoms with Gasteiger partial charge in [-0.1, -0.05) is 0 Å². The second-order valence-corrected chi connectivity index (χ2v) is 5.87. The monoisotopic (exact) mass is 279 g/mol. The van der Waals surface area contributed by atoms with Crippen LogP contribution in [0.15, 0.2) is 27.8 Å². The lowest BCUT2D eigenvalue weighted by Crippen LogP contribution is -2.30. The Morgan fingerprint density at radius 3 is 3.05 bits per heavy atom. The summed E-state index contributed by atoms with van der Waals surface area (Å²) in [5, 5.41) is 2.84. The van der Waals surface area contributed by atoms with Crippen LogP contribution in [0.4, 0.5) is 5.69 Å². The number of fused-ring (bicyclic) bond motifs is 1. The van der Waals surface area contributed by atoms with Crippen LogP contribution in [-0.4, -0.2) is 26.9 Å². The molecule has 3 rings (SSSR count). The van der Waals surface area contributed by atoms with Crippen molar-refractivity contribution < 1.29 is 13.4 Å². The van der Waals surface area contributed by atoms with Gasteiger partial charge in [0.15, 0.2) is 5.58 Å². The molecule has 100 valence electrons. The highest BCUT2D eigenvalue weighted by Gasteiger charge is 2.25. The highest BCUT2D eigenvalue weighted by atomic mass is 32.2. The minimum atomic E-state index is -1.57. The third-order valence-electron chi connectivity index (χ3n) is 2.79. The van der Waals surface area contributed by atoms with Crippen molar-refractivity contribution in [1.82, 2.24) is 10.3 Å². The van der Waals surface area contributed by atoms with E-state index in [0.29, 0.717) is 16.8 Å². The molecular formula is C12H13N3O3S. The molecule has 0 radical (unpaired) electrons. The first-order valence-electron chi connectivity index (χ1n) is 5.95. The Balaban J connectivity index is 1.75.